The molecule has 0 saturated heterocycles. The molecule has 0 aliphatic carbocycles. The number of rotatable bonds is 2. The van der Waals surface area contributed by atoms with Crippen LogP contribution in [-0.4, -0.2) is 42.5 Å². The topological polar surface area (TPSA) is 78.2 Å². The van der Waals surface area contributed by atoms with Gasteiger partial charge in [-0.15, -0.1) is 0 Å². The molecule has 1 rings (SSSR count). The number of nitrogens with zero attached hydrogens (tertiary/aromatic N) is 1. The Hall–Kier alpha value is -0.900. The van der Waals surface area contributed by atoms with Gasteiger partial charge in [-0.05, 0) is 11.6 Å². The Kier molecular flexibility index (Phi) is 11.2. The van der Waals surface area contributed by atoms with E-state index < -0.39 is 10.1 Å². The Morgan fingerprint density at radius 2 is 1.76 bits per heavy atom. The fourth-order valence-electron chi connectivity index (χ4n) is 0.729. The first-order valence-electron chi connectivity index (χ1n) is 4.20. The van der Waals surface area contributed by atoms with Crippen molar-refractivity contribution in [2.45, 2.75) is 0 Å². The molecule has 1 aromatic rings. The van der Waals surface area contributed by atoms with Crippen LogP contribution in [0.5, 0.6) is 0 Å². The summed E-state index contributed by atoms with van der Waals surface area (Å²) in [6, 6.07) is 10.6. The summed E-state index contributed by atoms with van der Waals surface area (Å²) in [5.74, 6) is 0. The van der Waals surface area contributed by atoms with E-state index in [0.717, 1.165) is 11.0 Å². The maximum absolute atomic E-state index is 10.3. The second-order valence-corrected chi connectivity index (χ2v) is 3.86. The van der Waals surface area contributed by atoms with Crippen LogP contribution in [0.4, 0.5) is 0 Å². The van der Waals surface area contributed by atoms with Gasteiger partial charge >= 0.3 is 29.6 Å². The molecule has 0 heterocycles. The van der Waals surface area contributed by atoms with E-state index in [-0.39, 0.29) is 29.6 Å². The molecule has 0 spiro atoms. The molecule has 0 bridgehead atoms. The number of benzene rings is 1. The van der Waals surface area contributed by atoms with E-state index in [9.17, 15) is 8.42 Å². The summed E-state index contributed by atoms with van der Waals surface area (Å²) in [7, 11) is -4.00. The van der Waals surface area contributed by atoms with Crippen LogP contribution in [0.25, 0.3) is 6.08 Å². The summed E-state index contributed by atoms with van der Waals surface area (Å²) in [5, 5.41) is 8.26. The van der Waals surface area contributed by atoms with Crippen LogP contribution in [0.15, 0.2) is 48.4 Å². The summed E-state index contributed by atoms with van der Waals surface area (Å²) in [4.78, 5) is 0. The minimum atomic E-state index is -4.00. The van der Waals surface area contributed by atoms with Gasteiger partial charge in [0, 0.05) is 6.08 Å². The second-order valence-electron chi connectivity index (χ2n) is 2.56. The monoisotopic (exact) mass is 261 g/mol. The molecule has 4 nitrogen and oxygen atoms in total. The van der Waals surface area contributed by atoms with Crippen molar-refractivity contribution in [3.63, 3.8) is 0 Å². The van der Waals surface area contributed by atoms with Gasteiger partial charge in [0.1, 0.15) is 0 Å². The molecule has 0 radical (unpaired) electrons. The number of hydrogen-bond donors (Lipinski definition) is 1. The Balaban J connectivity index is 0. The quantitative estimate of drug-likeness (QED) is 0.498. The van der Waals surface area contributed by atoms with Gasteiger partial charge in [0.25, 0.3) is 10.1 Å². The second kappa shape index (κ2) is 10.3. The van der Waals surface area contributed by atoms with Crippen LogP contribution in [0, 0.1) is 11.3 Å². The molecule has 1 N–H and O–H groups in total. The molecule has 0 unspecified atom stereocenters. The number of nitriles is 1. The third-order valence-corrected chi connectivity index (χ3v) is 1.80. The summed E-state index contributed by atoms with van der Waals surface area (Å²) in [6.07, 6.45) is 2.51. The van der Waals surface area contributed by atoms with Gasteiger partial charge < -0.3 is 0 Å². The van der Waals surface area contributed by atoms with Crippen molar-refractivity contribution in [2.24, 2.45) is 0 Å². The molecule has 0 aromatic heterocycles. The molecule has 6 heteroatoms. The van der Waals surface area contributed by atoms with Gasteiger partial charge in [0.05, 0.1) is 11.5 Å². The molecule has 1 aromatic carbocycles. The van der Waals surface area contributed by atoms with E-state index >= 15 is 0 Å². The Bertz CT molecular complexity index is 489. The first-order chi connectivity index (χ1) is 7.49. The van der Waals surface area contributed by atoms with Gasteiger partial charge in [0.2, 0.25) is 0 Å². The van der Waals surface area contributed by atoms with E-state index in [2.05, 4.69) is 6.58 Å². The predicted molar refractivity (Wildman–Crippen MR) is 70.0 cm³/mol. The standard InChI is InChI=1S/C8H8O3S.C3H3N.Na.H/c9-12(10,11)7-6-8-4-2-1-3-5-8;1-2-3-4;;/h1-7H,(H,9,10,11);2H,1H2;;. The molecule has 0 aliphatic heterocycles. The van der Waals surface area contributed by atoms with Crippen molar-refractivity contribution < 1.29 is 13.0 Å². The third-order valence-electron chi connectivity index (χ3n) is 1.32. The van der Waals surface area contributed by atoms with E-state index in [0.29, 0.717) is 0 Å². The average molecular weight is 261 g/mol. The Morgan fingerprint density at radius 1 is 1.29 bits per heavy atom. The van der Waals surface area contributed by atoms with Gasteiger partial charge in [0.15, 0.2) is 0 Å². The van der Waals surface area contributed by atoms with Crippen molar-refractivity contribution in [2.75, 3.05) is 0 Å². The Labute approximate surface area is 123 Å². The predicted octanol–water partition coefficient (Wildman–Crippen LogP) is 1.59. The first kappa shape index (κ1) is 18.5. The summed E-state index contributed by atoms with van der Waals surface area (Å²) in [5.41, 5.74) is 0.732. The average Bonchev–Trinajstić information content (AvgIpc) is 2.27. The molecule has 0 atom stereocenters. The number of allylic oxidation sites excluding steroid dienone is 1. The molecule has 0 amide bonds. The van der Waals surface area contributed by atoms with Gasteiger partial charge in [-0.2, -0.15) is 13.7 Å². The van der Waals surface area contributed by atoms with Gasteiger partial charge in [-0.3, -0.25) is 4.55 Å². The fraction of sp³-hybridized carbons (Fsp3) is 0. The van der Waals surface area contributed by atoms with Crippen molar-refractivity contribution in [1.82, 2.24) is 0 Å². The van der Waals surface area contributed by atoms with Crippen LogP contribution in [-0.2, 0) is 10.1 Å². The third kappa shape index (κ3) is 13.0. The van der Waals surface area contributed by atoms with E-state index in [1.165, 1.54) is 12.2 Å². The van der Waals surface area contributed by atoms with Crippen molar-refractivity contribution in [3.8, 4) is 6.07 Å². The number of hydrogen-bond acceptors (Lipinski definition) is 3. The molecule has 86 valence electrons. The molecular weight excluding hydrogens is 249 g/mol. The molecule has 0 aliphatic rings. The van der Waals surface area contributed by atoms with Gasteiger partial charge in [-0.1, -0.05) is 36.9 Å². The van der Waals surface area contributed by atoms with E-state index in [1.54, 1.807) is 30.3 Å². The normalized spacial score (nSPS) is 9.41. The zero-order valence-electron chi connectivity index (χ0n) is 8.45. The summed E-state index contributed by atoms with van der Waals surface area (Å²) < 4.78 is 28.9. The zero-order chi connectivity index (χ0) is 12.4. The first-order valence-corrected chi connectivity index (χ1v) is 5.71. The van der Waals surface area contributed by atoms with Crippen LogP contribution in [0.2, 0.25) is 0 Å². The van der Waals surface area contributed by atoms with Gasteiger partial charge in [-0.25, -0.2) is 0 Å². The maximum atomic E-state index is 10.3. The summed E-state index contributed by atoms with van der Waals surface area (Å²) in [6.45, 7) is 3.12. The minimum absolute atomic E-state index is 0. The molecule has 0 fully saturated rings. The van der Waals surface area contributed by atoms with Crippen LogP contribution in [0.1, 0.15) is 5.56 Å². The van der Waals surface area contributed by atoms with Crippen LogP contribution >= 0.6 is 0 Å². The van der Waals surface area contributed by atoms with Crippen LogP contribution in [0.3, 0.4) is 0 Å². The molecule has 17 heavy (non-hydrogen) atoms. The molecular formula is C11H12NNaO3S. The SMILES string of the molecule is C=CC#N.O=S(=O)(O)C=Cc1ccccc1.[NaH]. The van der Waals surface area contributed by atoms with E-state index in [1.807, 2.05) is 6.07 Å². The summed E-state index contributed by atoms with van der Waals surface area (Å²) >= 11 is 0. The fourth-order valence-corrected chi connectivity index (χ4v) is 1.06. The Morgan fingerprint density at radius 3 is 2.12 bits per heavy atom. The van der Waals surface area contributed by atoms with Crippen molar-refractivity contribution in [3.05, 3.63) is 54.0 Å². The van der Waals surface area contributed by atoms with E-state index in [4.69, 9.17) is 9.81 Å². The van der Waals surface area contributed by atoms with Crippen molar-refractivity contribution >= 4 is 45.8 Å². The van der Waals surface area contributed by atoms with Crippen molar-refractivity contribution in [1.29, 1.82) is 5.26 Å². The molecule has 0 saturated carbocycles. The zero-order valence-corrected chi connectivity index (χ0v) is 9.26. The van der Waals surface area contributed by atoms with Crippen LogP contribution < -0.4 is 0 Å².